The van der Waals surface area contributed by atoms with Gasteiger partial charge in [0, 0.05) is 5.69 Å². The molecule has 0 aliphatic rings. The zero-order valence-corrected chi connectivity index (χ0v) is 11.6. The van der Waals surface area contributed by atoms with Crippen LogP contribution in [0.25, 0.3) is 0 Å². The van der Waals surface area contributed by atoms with Gasteiger partial charge in [-0.05, 0) is 50.6 Å². The Morgan fingerprint density at radius 2 is 1.84 bits per heavy atom. The molecule has 3 nitrogen and oxygen atoms in total. The van der Waals surface area contributed by atoms with Crippen molar-refractivity contribution in [3.63, 3.8) is 0 Å². The van der Waals surface area contributed by atoms with Gasteiger partial charge in [0.25, 0.3) is 0 Å². The molecule has 0 aliphatic carbocycles. The molecule has 0 fully saturated rings. The molecule has 0 bridgehead atoms. The largest absolute Gasteiger partial charge is 0.491 e. The molecule has 0 saturated carbocycles. The van der Waals surface area contributed by atoms with Crippen molar-refractivity contribution >= 4 is 0 Å². The molecule has 1 atom stereocenters. The number of nitrogens with two attached hydrogens (primary N) is 1. The van der Waals surface area contributed by atoms with Crippen LogP contribution in [0.15, 0.2) is 42.5 Å². The second kappa shape index (κ2) is 5.85. The summed E-state index contributed by atoms with van der Waals surface area (Å²) in [6, 6.07) is 13.6. The van der Waals surface area contributed by atoms with Crippen LogP contribution in [0.4, 0.5) is 0 Å². The van der Waals surface area contributed by atoms with Crippen LogP contribution >= 0.6 is 0 Å². The summed E-state index contributed by atoms with van der Waals surface area (Å²) in [5, 5.41) is 0. The molecule has 1 aromatic carbocycles. The summed E-state index contributed by atoms with van der Waals surface area (Å²) in [4.78, 5) is 4.47. The molecule has 1 unspecified atom stereocenters. The van der Waals surface area contributed by atoms with E-state index in [1.165, 1.54) is 0 Å². The second-order valence-electron chi connectivity index (χ2n) is 4.92. The number of hydrogen-bond acceptors (Lipinski definition) is 3. The van der Waals surface area contributed by atoms with Crippen molar-refractivity contribution in [3.8, 4) is 5.75 Å². The molecule has 2 N–H and O–H groups in total. The van der Waals surface area contributed by atoms with E-state index in [0.717, 1.165) is 22.7 Å². The van der Waals surface area contributed by atoms with Crippen molar-refractivity contribution in [2.24, 2.45) is 5.73 Å². The van der Waals surface area contributed by atoms with Crippen LogP contribution in [0.3, 0.4) is 0 Å². The van der Waals surface area contributed by atoms with E-state index in [0.29, 0.717) is 0 Å². The van der Waals surface area contributed by atoms with E-state index in [9.17, 15) is 0 Å². The number of aryl methyl sites for hydroxylation is 1. The molecule has 100 valence electrons. The van der Waals surface area contributed by atoms with Crippen molar-refractivity contribution in [1.82, 2.24) is 4.98 Å². The molecule has 1 aromatic heterocycles. The monoisotopic (exact) mass is 256 g/mol. The lowest BCUT2D eigenvalue weighted by molar-refractivity contribution is 0.242. The maximum absolute atomic E-state index is 6.27. The molecule has 1 heterocycles. The topological polar surface area (TPSA) is 48.1 Å². The van der Waals surface area contributed by atoms with Gasteiger partial charge in [0.05, 0.1) is 17.8 Å². The second-order valence-corrected chi connectivity index (χ2v) is 4.92. The van der Waals surface area contributed by atoms with Crippen LogP contribution in [-0.4, -0.2) is 11.1 Å². The van der Waals surface area contributed by atoms with Gasteiger partial charge in [-0.15, -0.1) is 0 Å². The van der Waals surface area contributed by atoms with Crippen molar-refractivity contribution in [2.45, 2.75) is 32.9 Å². The smallest absolute Gasteiger partial charge is 0.120 e. The molecule has 0 amide bonds. The summed E-state index contributed by atoms with van der Waals surface area (Å²) in [6.45, 7) is 5.98. The third-order valence-electron chi connectivity index (χ3n) is 2.82. The number of ether oxygens (including phenoxy) is 1. The molecule has 0 radical (unpaired) electrons. The fraction of sp³-hybridized carbons (Fsp3) is 0.312. The summed E-state index contributed by atoms with van der Waals surface area (Å²) in [7, 11) is 0. The maximum atomic E-state index is 6.27. The lowest BCUT2D eigenvalue weighted by atomic mass is 10.0. The average molecular weight is 256 g/mol. The predicted molar refractivity (Wildman–Crippen MR) is 77.2 cm³/mol. The Morgan fingerprint density at radius 3 is 2.53 bits per heavy atom. The van der Waals surface area contributed by atoms with Gasteiger partial charge in [-0.1, -0.05) is 18.2 Å². The van der Waals surface area contributed by atoms with Crippen molar-refractivity contribution in [2.75, 3.05) is 0 Å². The number of pyridine rings is 1. The fourth-order valence-electron chi connectivity index (χ4n) is 1.96. The van der Waals surface area contributed by atoms with Crippen LogP contribution in [0, 0.1) is 6.92 Å². The number of nitrogens with zero attached hydrogens (tertiary/aromatic N) is 1. The molecule has 0 aliphatic heterocycles. The molecule has 2 aromatic rings. The maximum Gasteiger partial charge on any atom is 0.120 e. The van der Waals surface area contributed by atoms with Gasteiger partial charge >= 0.3 is 0 Å². The first-order chi connectivity index (χ1) is 9.06. The van der Waals surface area contributed by atoms with Crippen molar-refractivity contribution in [1.29, 1.82) is 0 Å². The van der Waals surface area contributed by atoms with E-state index in [-0.39, 0.29) is 12.1 Å². The van der Waals surface area contributed by atoms with Gasteiger partial charge in [-0.25, -0.2) is 0 Å². The summed E-state index contributed by atoms with van der Waals surface area (Å²) in [5.74, 6) is 0.843. The van der Waals surface area contributed by atoms with E-state index >= 15 is 0 Å². The van der Waals surface area contributed by atoms with E-state index in [1.807, 2.05) is 63.2 Å². The van der Waals surface area contributed by atoms with Gasteiger partial charge in [-0.2, -0.15) is 0 Å². The highest BCUT2D eigenvalue weighted by atomic mass is 16.5. The Hall–Kier alpha value is -1.87. The first kappa shape index (κ1) is 13.6. The Morgan fingerprint density at radius 1 is 1.11 bits per heavy atom. The Kier molecular flexibility index (Phi) is 4.17. The fourth-order valence-corrected chi connectivity index (χ4v) is 1.96. The average Bonchev–Trinajstić information content (AvgIpc) is 2.37. The Bertz CT molecular complexity index is 552. The Labute approximate surface area is 114 Å². The van der Waals surface area contributed by atoms with Crippen molar-refractivity contribution in [3.05, 3.63) is 59.4 Å². The number of hydrogen-bond donors (Lipinski definition) is 1. The standard InChI is InChI=1S/C16H20N2O/c1-11(2)19-14-8-5-7-13(10-14)16(17)15-9-4-6-12(3)18-15/h4-11,16H,17H2,1-3H3. The minimum atomic E-state index is -0.226. The molecule has 0 saturated heterocycles. The zero-order chi connectivity index (χ0) is 13.8. The van der Waals surface area contributed by atoms with E-state index < -0.39 is 0 Å². The van der Waals surface area contributed by atoms with Crippen molar-refractivity contribution < 1.29 is 4.74 Å². The predicted octanol–water partition coefficient (Wildman–Crippen LogP) is 3.23. The normalized spacial score (nSPS) is 12.5. The lowest BCUT2D eigenvalue weighted by Gasteiger charge is -2.15. The number of rotatable bonds is 4. The van der Waals surface area contributed by atoms with Gasteiger partial charge in [0.2, 0.25) is 0 Å². The first-order valence-electron chi connectivity index (χ1n) is 6.52. The molecule has 19 heavy (non-hydrogen) atoms. The molecular weight excluding hydrogens is 236 g/mol. The van der Waals surface area contributed by atoms with Crippen LogP contribution in [0.5, 0.6) is 5.75 Å². The van der Waals surface area contributed by atoms with Crippen LogP contribution in [-0.2, 0) is 0 Å². The van der Waals surface area contributed by atoms with E-state index in [2.05, 4.69) is 4.98 Å². The van der Waals surface area contributed by atoms with Crippen LogP contribution in [0.2, 0.25) is 0 Å². The lowest BCUT2D eigenvalue weighted by Crippen LogP contribution is -2.14. The molecular formula is C16H20N2O. The summed E-state index contributed by atoms with van der Waals surface area (Å²) >= 11 is 0. The minimum absolute atomic E-state index is 0.156. The molecule has 3 heteroatoms. The first-order valence-corrected chi connectivity index (χ1v) is 6.52. The van der Waals surface area contributed by atoms with E-state index in [1.54, 1.807) is 0 Å². The highest BCUT2D eigenvalue weighted by Crippen LogP contribution is 2.22. The SMILES string of the molecule is Cc1cccc(C(N)c2cccc(OC(C)C)c2)n1. The Balaban J connectivity index is 2.26. The van der Waals surface area contributed by atoms with Gasteiger partial charge in [0.1, 0.15) is 5.75 Å². The third-order valence-corrected chi connectivity index (χ3v) is 2.82. The summed E-state index contributed by atoms with van der Waals surface area (Å²) in [6.07, 6.45) is 0.156. The van der Waals surface area contributed by atoms with Gasteiger partial charge < -0.3 is 10.5 Å². The quantitative estimate of drug-likeness (QED) is 0.913. The third kappa shape index (κ3) is 3.55. The number of aromatic nitrogens is 1. The summed E-state index contributed by atoms with van der Waals surface area (Å²) < 4.78 is 5.69. The zero-order valence-electron chi connectivity index (χ0n) is 11.6. The highest BCUT2D eigenvalue weighted by molar-refractivity contribution is 5.34. The van der Waals surface area contributed by atoms with Gasteiger partial charge in [-0.3, -0.25) is 4.98 Å². The van der Waals surface area contributed by atoms with Crippen LogP contribution < -0.4 is 10.5 Å². The van der Waals surface area contributed by atoms with Gasteiger partial charge in [0.15, 0.2) is 0 Å². The summed E-state index contributed by atoms with van der Waals surface area (Å²) in [5.41, 5.74) is 9.13. The minimum Gasteiger partial charge on any atom is -0.491 e. The number of benzene rings is 1. The van der Waals surface area contributed by atoms with E-state index in [4.69, 9.17) is 10.5 Å². The highest BCUT2D eigenvalue weighted by Gasteiger charge is 2.11. The van der Waals surface area contributed by atoms with Crippen LogP contribution in [0.1, 0.15) is 36.8 Å². The molecule has 0 spiro atoms. The molecule has 2 rings (SSSR count).